The number of rotatable bonds is 9. The second-order valence-corrected chi connectivity index (χ2v) is 8.10. The Balaban J connectivity index is 1.42. The number of hydroxylamine groups is 1. The first kappa shape index (κ1) is 22.9. The highest BCUT2D eigenvalue weighted by molar-refractivity contribution is 5.94. The molecule has 0 aliphatic carbocycles. The maximum atomic E-state index is 12.7. The zero-order valence-corrected chi connectivity index (χ0v) is 18.2. The highest BCUT2D eigenvalue weighted by atomic mass is 16.5. The van der Waals surface area contributed by atoms with E-state index >= 15 is 0 Å². The van der Waals surface area contributed by atoms with Gasteiger partial charge in [0.25, 0.3) is 5.91 Å². The molecule has 2 amide bonds. The van der Waals surface area contributed by atoms with Crippen molar-refractivity contribution in [3.63, 3.8) is 0 Å². The summed E-state index contributed by atoms with van der Waals surface area (Å²) in [6.45, 7) is 6.24. The molecule has 0 bridgehead atoms. The average molecular weight is 425 g/mol. The van der Waals surface area contributed by atoms with Crippen molar-refractivity contribution in [3.8, 4) is 0 Å². The van der Waals surface area contributed by atoms with Crippen molar-refractivity contribution in [2.75, 3.05) is 39.8 Å². The fourth-order valence-electron chi connectivity index (χ4n) is 3.85. The Morgan fingerprint density at radius 3 is 2.23 bits per heavy atom. The van der Waals surface area contributed by atoms with E-state index in [1.807, 2.05) is 61.6 Å². The molecule has 1 saturated heterocycles. The predicted molar refractivity (Wildman–Crippen MR) is 120 cm³/mol. The topological polar surface area (TPSA) is 76.1 Å². The third kappa shape index (κ3) is 7.17. The van der Waals surface area contributed by atoms with Gasteiger partial charge in [0.2, 0.25) is 5.91 Å². The van der Waals surface area contributed by atoms with Gasteiger partial charge in [-0.25, -0.2) is 5.48 Å². The monoisotopic (exact) mass is 424 g/mol. The van der Waals surface area contributed by atoms with Crippen molar-refractivity contribution in [1.29, 1.82) is 0 Å². The Morgan fingerprint density at radius 2 is 1.58 bits per heavy atom. The lowest BCUT2D eigenvalue weighted by Gasteiger charge is -2.34. The number of benzene rings is 2. The van der Waals surface area contributed by atoms with Crippen LogP contribution in [0.15, 0.2) is 54.6 Å². The van der Waals surface area contributed by atoms with Gasteiger partial charge in [0.05, 0.1) is 0 Å². The molecule has 3 rings (SSSR count). The Kier molecular flexibility index (Phi) is 8.58. The molecule has 7 nitrogen and oxygen atoms in total. The van der Waals surface area contributed by atoms with Crippen molar-refractivity contribution < 1.29 is 14.8 Å². The molecular weight excluding hydrogens is 392 g/mol. The van der Waals surface area contributed by atoms with E-state index in [9.17, 15) is 9.59 Å². The zero-order valence-electron chi connectivity index (χ0n) is 18.2. The third-order valence-corrected chi connectivity index (χ3v) is 5.68. The molecule has 1 aliphatic heterocycles. The van der Waals surface area contributed by atoms with E-state index in [2.05, 4.69) is 9.80 Å². The number of nitrogens with zero attached hydrogens (tertiary/aromatic N) is 3. The van der Waals surface area contributed by atoms with Crippen molar-refractivity contribution >= 4 is 11.8 Å². The fourth-order valence-corrected chi connectivity index (χ4v) is 3.85. The summed E-state index contributed by atoms with van der Waals surface area (Å²) in [5, 5.41) is 8.54. The van der Waals surface area contributed by atoms with Gasteiger partial charge in [0, 0.05) is 58.3 Å². The van der Waals surface area contributed by atoms with Crippen LogP contribution < -0.4 is 5.48 Å². The van der Waals surface area contributed by atoms with Crippen LogP contribution in [0.5, 0.6) is 0 Å². The van der Waals surface area contributed by atoms with Crippen LogP contribution >= 0.6 is 0 Å². The predicted octanol–water partition coefficient (Wildman–Crippen LogP) is 2.36. The minimum Gasteiger partial charge on any atom is -0.337 e. The van der Waals surface area contributed by atoms with E-state index in [0.29, 0.717) is 18.5 Å². The molecule has 0 spiro atoms. The molecule has 0 unspecified atom stereocenters. The molecule has 31 heavy (non-hydrogen) atoms. The van der Waals surface area contributed by atoms with Crippen molar-refractivity contribution in [2.45, 2.75) is 25.9 Å². The molecule has 166 valence electrons. The molecule has 1 fully saturated rings. The van der Waals surface area contributed by atoms with Crippen LogP contribution in [0, 0.1) is 0 Å². The number of amides is 2. The smallest absolute Gasteiger partial charge is 0.253 e. The van der Waals surface area contributed by atoms with Gasteiger partial charge in [-0.15, -0.1) is 0 Å². The van der Waals surface area contributed by atoms with E-state index in [1.54, 1.807) is 10.4 Å². The van der Waals surface area contributed by atoms with Gasteiger partial charge in [-0.3, -0.25) is 19.7 Å². The molecule has 2 aromatic carbocycles. The number of nitrogens with one attached hydrogen (secondary N) is 1. The van der Waals surface area contributed by atoms with Gasteiger partial charge in [0.1, 0.15) is 0 Å². The van der Waals surface area contributed by atoms with Gasteiger partial charge < -0.3 is 9.80 Å². The lowest BCUT2D eigenvalue weighted by Crippen LogP contribution is -2.46. The summed E-state index contributed by atoms with van der Waals surface area (Å²) < 4.78 is 0. The van der Waals surface area contributed by atoms with Crippen molar-refractivity contribution in [1.82, 2.24) is 20.2 Å². The number of hydrogen-bond acceptors (Lipinski definition) is 5. The molecule has 2 N–H and O–H groups in total. The first-order valence-electron chi connectivity index (χ1n) is 10.8. The largest absolute Gasteiger partial charge is 0.337 e. The summed E-state index contributed by atoms with van der Waals surface area (Å²) in [7, 11) is 1.83. The number of hydrogen-bond donors (Lipinski definition) is 2. The van der Waals surface area contributed by atoms with Crippen LogP contribution in [-0.2, 0) is 17.9 Å². The van der Waals surface area contributed by atoms with E-state index < -0.39 is 0 Å². The van der Waals surface area contributed by atoms with Crippen LogP contribution in [0.4, 0.5) is 0 Å². The van der Waals surface area contributed by atoms with Crippen LogP contribution in [0.25, 0.3) is 0 Å². The van der Waals surface area contributed by atoms with Gasteiger partial charge >= 0.3 is 0 Å². The lowest BCUT2D eigenvalue weighted by molar-refractivity contribution is -0.129. The average Bonchev–Trinajstić information content (AvgIpc) is 2.80. The molecule has 0 atom stereocenters. The van der Waals surface area contributed by atoms with Gasteiger partial charge in [0.15, 0.2) is 0 Å². The highest BCUT2D eigenvalue weighted by Crippen LogP contribution is 2.13. The standard InChI is InChI=1S/C24H32N4O3/c1-26(18-20-6-3-2-4-7-20)24(30)22-11-9-21(10-12-22)19-28-16-14-27(15-17-28)13-5-8-23(29)25-31/h2-4,6-7,9-12,31H,5,8,13-19H2,1H3,(H,25,29). The first-order chi connectivity index (χ1) is 15.0. The van der Waals surface area contributed by atoms with Crippen molar-refractivity contribution in [3.05, 3.63) is 71.3 Å². The van der Waals surface area contributed by atoms with E-state index in [4.69, 9.17) is 5.21 Å². The number of carbonyl (C=O) groups is 2. The second kappa shape index (κ2) is 11.6. The molecule has 1 heterocycles. The van der Waals surface area contributed by atoms with Crippen LogP contribution in [0.2, 0.25) is 0 Å². The quantitative estimate of drug-likeness (QED) is 0.477. The van der Waals surface area contributed by atoms with E-state index in [1.165, 1.54) is 5.56 Å². The van der Waals surface area contributed by atoms with E-state index in [0.717, 1.165) is 51.3 Å². The summed E-state index contributed by atoms with van der Waals surface area (Å²) in [5.41, 5.74) is 4.70. The molecule has 0 radical (unpaired) electrons. The maximum absolute atomic E-state index is 12.7. The second-order valence-electron chi connectivity index (χ2n) is 8.10. The molecule has 0 aromatic heterocycles. The zero-order chi connectivity index (χ0) is 22.1. The highest BCUT2D eigenvalue weighted by Gasteiger charge is 2.17. The lowest BCUT2D eigenvalue weighted by atomic mass is 10.1. The van der Waals surface area contributed by atoms with Gasteiger partial charge in [-0.2, -0.15) is 0 Å². The third-order valence-electron chi connectivity index (χ3n) is 5.68. The molecule has 7 heteroatoms. The molecule has 2 aromatic rings. The Labute approximate surface area is 184 Å². The van der Waals surface area contributed by atoms with Gasteiger partial charge in [-0.05, 0) is 36.2 Å². The fraction of sp³-hybridized carbons (Fsp3) is 0.417. The van der Waals surface area contributed by atoms with Crippen molar-refractivity contribution in [2.24, 2.45) is 0 Å². The SMILES string of the molecule is CN(Cc1ccccc1)C(=O)c1ccc(CN2CCN(CCCC(=O)NO)CC2)cc1. The first-order valence-corrected chi connectivity index (χ1v) is 10.8. The summed E-state index contributed by atoms with van der Waals surface area (Å²) >= 11 is 0. The molecule has 1 aliphatic rings. The Hall–Kier alpha value is -2.74. The normalized spacial score (nSPS) is 14.9. The maximum Gasteiger partial charge on any atom is 0.253 e. The molecule has 0 saturated carbocycles. The summed E-state index contributed by atoms with van der Waals surface area (Å²) in [6, 6.07) is 17.9. The number of carbonyl (C=O) groups excluding carboxylic acids is 2. The number of piperazine rings is 1. The minimum atomic E-state index is -0.327. The Bertz CT molecular complexity index is 834. The summed E-state index contributed by atoms with van der Waals surface area (Å²) in [4.78, 5) is 30.3. The molecular formula is C24H32N4O3. The van der Waals surface area contributed by atoms with Crippen LogP contribution in [0.3, 0.4) is 0 Å². The minimum absolute atomic E-state index is 0.0268. The van der Waals surface area contributed by atoms with Crippen LogP contribution in [0.1, 0.15) is 34.3 Å². The summed E-state index contributed by atoms with van der Waals surface area (Å²) in [5.74, 6) is -0.300. The Morgan fingerprint density at radius 1 is 0.935 bits per heavy atom. The van der Waals surface area contributed by atoms with E-state index in [-0.39, 0.29) is 11.8 Å². The summed E-state index contributed by atoms with van der Waals surface area (Å²) in [6.07, 6.45) is 1.10. The van der Waals surface area contributed by atoms with Gasteiger partial charge in [-0.1, -0.05) is 42.5 Å². The van der Waals surface area contributed by atoms with Crippen LogP contribution in [-0.4, -0.2) is 71.5 Å².